The maximum absolute atomic E-state index is 5.59. The zero-order chi connectivity index (χ0) is 14.0. The largest absolute Gasteiger partial charge is 0.353 e. The van der Waals surface area contributed by atoms with Crippen molar-refractivity contribution in [2.24, 2.45) is 0 Å². The Morgan fingerprint density at radius 3 is 2.55 bits per heavy atom. The first-order valence-electron chi connectivity index (χ1n) is 7.20. The molecule has 0 aliphatic carbocycles. The van der Waals surface area contributed by atoms with E-state index < -0.39 is 0 Å². The minimum absolute atomic E-state index is 0.0758. The van der Waals surface area contributed by atoms with Gasteiger partial charge in [0.25, 0.3) is 0 Å². The van der Waals surface area contributed by atoms with Crippen LogP contribution in [0.4, 0.5) is 0 Å². The molecule has 0 saturated carbocycles. The maximum atomic E-state index is 5.59. The van der Waals surface area contributed by atoms with Crippen molar-refractivity contribution in [3.8, 4) is 23.7 Å². The van der Waals surface area contributed by atoms with Crippen molar-refractivity contribution in [3.63, 3.8) is 0 Å². The van der Waals surface area contributed by atoms with Crippen LogP contribution in [0.3, 0.4) is 0 Å². The monoisotopic (exact) mass is 268 g/mol. The predicted molar refractivity (Wildman–Crippen MR) is 80.0 cm³/mol. The lowest BCUT2D eigenvalue weighted by molar-refractivity contribution is -0.154. The summed E-state index contributed by atoms with van der Waals surface area (Å²) < 4.78 is 11.1. The summed E-state index contributed by atoms with van der Waals surface area (Å²) in [6, 6.07) is 7.95. The van der Waals surface area contributed by atoms with Crippen molar-refractivity contribution in [1.29, 1.82) is 0 Å². The summed E-state index contributed by atoms with van der Waals surface area (Å²) in [6.45, 7) is 3.24. The standard InChI is InChI=1S/C18H20O2/c1-2-3-9-16-10-4-5-11-17(16)12-8-15-20-18-13-6-7-14-19-18/h4-5,10-11,18H,2,6-7,13-15H2,1H3. The van der Waals surface area contributed by atoms with Crippen molar-refractivity contribution in [2.75, 3.05) is 13.2 Å². The van der Waals surface area contributed by atoms with Gasteiger partial charge in [0.2, 0.25) is 0 Å². The second kappa shape index (κ2) is 8.43. The summed E-state index contributed by atoms with van der Waals surface area (Å²) in [5, 5.41) is 0. The van der Waals surface area contributed by atoms with E-state index in [1.54, 1.807) is 0 Å². The third kappa shape index (κ3) is 4.74. The Morgan fingerprint density at radius 2 is 1.90 bits per heavy atom. The summed E-state index contributed by atoms with van der Waals surface area (Å²) >= 11 is 0. The first-order chi connectivity index (χ1) is 9.90. The normalized spacial score (nSPS) is 17.6. The Kier molecular flexibility index (Phi) is 6.18. The molecule has 0 bridgehead atoms. The Labute approximate surface area is 121 Å². The summed E-state index contributed by atoms with van der Waals surface area (Å²) in [6.07, 6.45) is 4.06. The Bertz CT molecular complexity index is 534. The molecule has 1 atom stereocenters. The van der Waals surface area contributed by atoms with Gasteiger partial charge in [0, 0.05) is 24.2 Å². The van der Waals surface area contributed by atoms with Crippen LogP contribution in [0.25, 0.3) is 0 Å². The topological polar surface area (TPSA) is 18.5 Å². The van der Waals surface area contributed by atoms with E-state index in [2.05, 4.69) is 23.7 Å². The average molecular weight is 268 g/mol. The van der Waals surface area contributed by atoms with Gasteiger partial charge >= 0.3 is 0 Å². The Morgan fingerprint density at radius 1 is 1.15 bits per heavy atom. The third-order valence-electron chi connectivity index (χ3n) is 3.03. The van der Waals surface area contributed by atoms with Crippen molar-refractivity contribution in [1.82, 2.24) is 0 Å². The second-order valence-electron chi connectivity index (χ2n) is 4.61. The lowest BCUT2D eigenvalue weighted by atomic mass is 10.1. The molecule has 0 spiro atoms. The average Bonchev–Trinajstić information content (AvgIpc) is 2.51. The van der Waals surface area contributed by atoms with Gasteiger partial charge in [-0.1, -0.05) is 42.7 Å². The van der Waals surface area contributed by atoms with E-state index in [-0.39, 0.29) is 6.29 Å². The number of ether oxygens (including phenoxy) is 2. The SMILES string of the molecule is CCC#Cc1ccccc1C#CCOC1CCCCO1. The van der Waals surface area contributed by atoms with Gasteiger partial charge in [-0.2, -0.15) is 0 Å². The molecule has 2 rings (SSSR count). The molecule has 2 heteroatoms. The molecular formula is C18H20O2. The summed E-state index contributed by atoms with van der Waals surface area (Å²) in [4.78, 5) is 0. The highest BCUT2D eigenvalue weighted by molar-refractivity contribution is 5.49. The third-order valence-corrected chi connectivity index (χ3v) is 3.03. The van der Waals surface area contributed by atoms with Gasteiger partial charge in [0.1, 0.15) is 6.61 Å². The predicted octanol–water partition coefficient (Wildman–Crippen LogP) is 3.34. The van der Waals surface area contributed by atoms with Crippen LogP contribution in [0.1, 0.15) is 43.7 Å². The van der Waals surface area contributed by atoms with Crippen LogP contribution < -0.4 is 0 Å². The number of hydrogen-bond donors (Lipinski definition) is 0. The highest BCUT2D eigenvalue weighted by Gasteiger charge is 2.12. The molecule has 0 radical (unpaired) electrons. The van der Waals surface area contributed by atoms with Gasteiger partial charge in [0.05, 0.1) is 0 Å². The maximum Gasteiger partial charge on any atom is 0.158 e. The van der Waals surface area contributed by atoms with Crippen molar-refractivity contribution in [2.45, 2.75) is 38.9 Å². The van der Waals surface area contributed by atoms with E-state index >= 15 is 0 Å². The molecule has 1 aliphatic heterocycles. The smallest absolute Gasteiger partial charge is 0.158 e. The number of benzene rings is 1. The Balaban J connectivity index is 1.91. The highest BCUT2D eigenvalue weighted by Crippen LogP contribution is 2.13. The number of rotatable bonds is 2. The summed E-state index contributed by atoms with van der Waals surface area (Å²) in [5.41, 5.74) is 1.94. The Hall–Kier alpha value is -1.74. The van der Waals surface area contributed by atoms with E-state index in [0.717, 1.165) is 37.0 Å². The van der Waals surface area contributed by atoms with Gasteiger partial charge in [-0.3, -0.25) is 0 Å². The van der Waals surface area contributed by atoms with Crippen LogP contribution in [0.2, 0.25) is 0 Å². The molecule has 1 aromatic rings. The van der Waals surface area contributed by atoms with Crippen LogP contribution in [0.15, 0.2) is 24.3 Å². The minimum atomic E-state index is -0.0758. The molecule has 1 fully saturated rings. The van der Waals surface area contributed by atoms with Crippen LogP contribution in [-0.2, 0) is 9.47 Å². The van der Waals surface area contributed by atoms with Gasteiger partial charge in [0.15, 0.2) is 6.29 Å². The molecule has 104 valence electrons. The van der Waals surface area contributed by atoms with E-state index in [1.807, 2.05) is 31.2 Å². The summed E-state index contributed by atoms with van der Waals surface area (Å²) in [5.74, 6) is 12.4. The van der Waals surface area contributed by atoms with E-state index in [1.165, 1.54) is 6.42 Å². The van der Waals surface area contributed by atoms with Crippen LogP contribution in [0, 0.1) is 23.7 Å². The zero-order valence-electron chi connectivity index (χ0n) is 11.9. The van der Waals surface area contributed by atoms with Gasteiger partial charge in [-0.15, -0.1) is 0 Å². The van der Waals surface area contributed by atoms with Crippen LogP contribution in [0.5, 0.6) is 0 Å². The van der Waals surface area contributed by atoms with Gasteiger partial charge in [-0.05, 0) is 31.4 Å². The first-order valence-corrected chi connectivity index (χ1v) is 7.20. The molecular weight excluding hydrogens is 248 g/mol. The molecule has 1 heterocycles. The lowest BCUT2D eigenvalue weighted by Gasteiger charge is -2.21. The molecule has 0 N–H and O–H groups in total. The van der Waals surface area contributed by atoms with E-state index in [9.17, 15) is 0 Å². The molecule has 1 saturated heterocycles. The first kappa shape index (κ1) is 14.7. The molecule has 2 nitrogen and oxygen atoms in total. The molecule has 1 unspecified atom stereocenters. The quantitative estimate of drug-likeness (QED) is 0.766. The molecule has 1 aromatic carbocycles. The fourth-order valence-electron chi connectivity index (χ4n) is 1.99. The summed E-state index contributed by atoms with van der Waals surface area (Å²) in [7, 11) is 0. The molecule has 0 amide bonds. The lowest BCUT2D eigenvalue weighted by Crippen LogP contribution is -2.22. The fraction of sp³-hybridized carbons (Fsp3) is 0.444. The zero-order valence-corrected chi connectivity index (χ0v) is 11.9. The van der Waals surface area contributed by atoms with Gasteiger partial charge < -0.3 is 9.47 Å². The van der Waals surface area contributed by atoms with Gasteiger partial charge in [-0.25, -0.2) is 0 Å². The van der Waals surface area contributed by atoms with Crippen molar-refractivity contribution in [3.05, 3.63) is 35.4 Å². The number of hydrogen-bond acceptors (Lipinski definition) is 2. The van der Waals surface area contributed by atoms with Crippen LogP contribution in [-0.4, -0.2) is 19.5 Å². The minimum Gasteiger partial charge on any atom is -0.353 e. The second-order valence-corrected chi connectivity index (χ2v) is 4.61. The fourth-order valence-corrected chi connectivity index (χ4v) is 1.99. The highest BCUT2D eigenvalue weighted by atomic mass is 16.7. The molecule has 0 aromatic heterocycles. The van der Waals surface area contributed by atoms with Crippen molar-refractivity contribution < 1.29 is 9.47 Å². The van der Waals surface area contributed by atoms with Crippen LogP contribution >= 0.6 is 0 Å². The van der Waals surface area contributed by atoms with Crippen molar-refractivity contribution >= 4 is 0 Å². The van der Waals surface area contributed by atoms with E-state index in [4.69, 9.17) is 9.47 Å². The van der Waals surface area contributed by atoms with E-state index in [0.29, 0.717) is 6.61 Å². The molecule has 20 heavy (non-hydrogen) atoms. The molecule has 1 aliphatic rings.